The Kier molecular flexibility index (Phi) is 2.92. The zero-order chi connectivity index (χ0) is 11.8. The number of hydrogen-bond acceptors (Lipinski definition) is 2. The van der Waals surface area contributed by atoms with Gasteiger partial charge in [0.2, 0.25) is 5.91 Å². The van der Waals surface area contributed by atoms with Crippen LogP contribution in [0.25, 0.3) is 0 Å². The quantitative estimate of drug-likeness (QED) is 0.796. The molecule has 0 aromatic heterocycles. The van der Waals surface area contributed by atoms with E-state index in [-0.39, 0.29) is 11.8 Å². The van der Waals surface area contributed by atoms with E-state index in [2.05, 4.69) is 22.0 Å². The maximum atomic E-state index is 12.3. The summed E-state index contributed by atoms with van der Waals surface area (Å²) in [5, 5.41) is 0. The molecule has 1 unspecified atom stereocenters. The number of rotatable bonds is 1. The Labute approximate surface area is 109 Å². The summed E-state index contributed by atoms with van der Waals surface area (Å²) < 4.78 is 6.39. The van der Waals surface area contributed by atoms with Crippen LogP contribution in [0.4, 0.5) is 0 Å². The summed E-state index contributed by atoms with van der Waals surface area (Å²) in [6, 6.07) is 6.15. The predicted octanol–water partition coefficient (Wildman–Crippen LogP) is 2.33. The first-order chi connectivity index (χ1) is 8.25. The van der Waals surface area contributed by atoms with Gasteiger partial charge in [0.15, 0.2) is 0 Å². The highest BCUT2D eigenvalue weighted by atomic mass is 79.9. The molecular weight excluding hydrogens is 282 g/mol. The van der Waals surface area contributed by atoms with Crippen LogP contribution >= 0.6 is 15.9 Å². The van der Waals surface area contributed by atoms with Gasteiger partial charge in [-0.2, -0.15) is 0 Å². The van der Waals surface area contributed by atoms with Crippen molar-refractivity contribution in [2.75, 3.05) is 13.2 Å². The van der Waals surface area contributed by atoms with Gasteiger partial charge in [-0.3, -0.25) is 4.79 Å². The van der Waals surface area contributed by atoms with E-state index < -0.39 is 0 Å². The van der Waals surface area contributed by atoms with E-state index in [4.69, 9.17) is 4.74 Å². The number of ether oxygens (including phenoxy) is 1. The second kappa shape index (κ2) is 4.42. The lowest BCUT2D eigenvalue weighted by Gasteiger charge is -2.18. The van der Waals surface area contributed by atoms with E-state index in [1.807, 2.05) is 17.0 Å². The lowest BCUT2D eigenvalue weighted by Crippen LogP contribution is -2.32. The molecule has 3 nitrogen and oxygen atoms in total. The molecule has 2 heterocycles. The van der Waals surface area contributed by atoms with Gasteiger partial charge in [0, 0.05) is 24.2 Å². The molecule has 90 valence electrons. The molecule has 1 saturated heterocycles. The number of nitrogens with zero attached hydrogens (tertiary/aromatic N) is 1. The maximum absolute atomic E-state index is 12.3. The van der Waals surface area contributed by atoms with E-state index in [0.29, 0.717) is 6.61 Å². The van der Waals surface area contributed by atoms with Crippen molar-refractivity contribution in [1.29, 1.82) is 0 Å². The van der Waals surface area contributed by atoms with Crippen LogP contribution in [0.5, 0.6) is 0 Å². The molecule has 0 bridgehead atoms. The summed E-state index contributed by atoms with van der Waals surface area (Å²) in [4.78, 5) is 14.2. The van der Waals surface area contributed by atoms with Crippen LogP contribution in [-0.2, 0) is 22.6 Å². The van der Waals surface area contributed by atoms with Crippen molar-refractivity contribution in [3.05, 3.63) is 33.8 Å². The number of hydrogen-bond donors (Lipinski definition) is 0. The average molecular weight is 296 g/mol. The standard InChI is InChI=1S/C13H14BrNO2/c14-12-3-1-2-9-6-15(7-11(9)12)13(16)10-4-5-17-8-10/h1-3,10H,4-8H2. The number of benzene rings is 1. The number of fused-ring (bicyclic) bond motifs is 1. The van der Waals surface area contributed by atoms with Gasteiger partial charge in [-0.1, -0.05) is 28.1 Å². The molecule has 0 spiro atoms. The number of amides is 1. The second-order valence-electron chi connectivity index (χ2n) is 4.63. The Bertz CT molecular complexity index is 455. The van der Waals surface area contributed by atoms with Crippen LogP contribution in [-0.4, -0.2) is 24.0 Å². The average Bonchev–Trinajstić information content (AvgIpc) is 2.98. The molecule has 0 saturated carbocycles. The topological polar surface area (TPSA) is 29.5 Å². The van der Waals surface area contributed by atoms with Gasteiger partial charge in [0.05, 0.1) is 12.5 Å². The molecule has 1 amide bonds. The summed E-state index contributed by atoms with van der Waals surface area (Å²) in [5.41, 5.74) is 2.51. The van der Waals surface area contributed by atoms with Gasteiger partial charge in [-0.05, 0) is 23.6 Å². The van der Waals surface area contributed by atoms with E-state index in [9.17, 15) is 4.79 Å². The third kappa shape index (κ3) is 2.00. The minimum Gasteiger partial charge on any atom is -0.381 e. The van der Waals surface area contributed by atoms with Crippen LogP contribution in [0.1, 0.15) is 17.5 Å². The monoisotopic (exact) mass is 295 g/mol. The largest absolute Gasteiger partial charge is 0.381 e. The Hall–Kier alpha value is -0.870. The van der Waals surface area contributed by atoms with Gasteiger partial charge >= 0.3 is 0 Å². The van der Waals surface area contributed by atoms with Crippen molar-refractivity contribution >= 4 is 21.8 Å². The van der Waals surface area contributed by atoms with Gasteiger partial charge in [-0.15, -0.1) is 0 Å². The first kappa shape index (κ1) is 11.2. The third-order valence-electron chi connectivity index (χ3n) is 3.52. The van der Waals surface area contributed by atoms with E-state index >= 15 is 0 Å². The zero-order valence-electron chi connectivity index (χ0n) is 9.49. The van der Waals surface area contributed by atoms with Crippen molar-refractivity contribution in [3.63, 3.8) is 0 Å². The van der Waals surface area contributed by atoms with Gasteiger partial charge < -0.3 is 9.64 Å². The summed E-state index contributed by atoms with van der Waals surface area (Å²) in [7, 11) is 0. The van der Waals surface area contributed by atoms with Crippen LogP contribution in [0.2, 0.25) is 0 Å². The molecular formula is C13H14BrNO2. The fourth-order valence-corrected chi connectivity index (χ4v) is 3.06. The molecule has 0 radical (unpaired) electrons. The highest BCUT2D eigenvalue weighted by Crippen LogP contribution is 2.31. The minimum absolute atomic E-state index is 0.0723. The van der Waals surface area contributed by atoms with Crippen LogP contribution in [0.15, 0.2) is 22.7 Å². The predicted molar refractivity (Wildman–Crippen MR) is 67.3 cm³/mol. The molecule has 3 rings (SSSR count). The molecule has 2 aliphatic rings. The molecule has 1 aromatic carbocycles. The summed E-state index contributed by atoms with van der Waals surface area (Å²) in [6.07, 6.45) is 0.868. The van der Waals surface area contributed by atoms with Gasteiger partial charge in [0.25, 0.3) is 0 Å². The first-order valence-corrected chi connectivity index (χ1v) is 6.68. The molecule has 0 N–H and O–H groups in total. The van der Waals surface area contributed by atoms with Crippen molar-refractivity contribution in [1.82, 2.24) is 4.90 Å². The van der Waals surface area contributed by atoms with Crippen molar-refractivity contribution in [2.24, 2.45) is 5.92 Å². The first-order valence-electron chi connectivity index (χ1n) is 5.88. The van der Waals surface area contributed by atoms with E-state index in [1.54, 1.807) is 0 Å². The van der Waals surface area contributed by atoms with E-state index in [1.165, 1.54) is 11.1 Å². The highest BCUT2D eigenvalue weighted by molar-refractivity contribution is 9.10. The molecule has 1 aromatic rings. The smallest absolute Gasteiger partial charge is 0.228 e. The van der Waals surface area contributed by atoms with Crippen LogP contribution < -0.4 is 0 Å². The summed E-state index contributed by atoms with van der Waals surface area (Å²) in [5.74, 6) is 0.314. The molecule has 2 aliphatic heterocycles. The van der Waals surface area contributed by atoms with Crippen molar-refractivity contribution in [2.45, 2.75) is 19.5 Å². The molecule has 17 heavy (non-hydrogen) atoms. The normalized spacial score (nSPS) is 22.9. The molecule has 4 heteroatoms. The Morgan fingerprint density at radius 3 is 3.00 bits per heavy atom. The molecule has 1 fully saturated rings. The number of halogens is 1. The molecule has 1 atom stereocenters. The van der Waals surface area contributed by atoms with Gasteiger partial charge in [0.1, 0.15) is 0 Å². The lowest BCUT2D eigenvalue weighted by molar-refractivity contribution is -0.136. The summed E-state index contributed by atoms with van der Waals surface area (Å²) >= 11 is 3.54. The number of carbonyl (C=O) groups is 1. The highest BCUT2D eigenvalue weighted by Gasteiger charge is 2.31. The Morgan fingerprint density at radius 2 is 2.29 bits per heavy atom. The Morgan fingerprint density at radius 1 is 1.41 bits per heavy atom. The zero-order valence-corrected chi connectivity index (χ0v) is 11.1. The van der Waals surface area contributed by atoms with Crippen LogP contribution in [0, 0.1) is 5.92 Å². The maximum Gasteiger partial charge on any atom is 0.228 e. The molecule has 0 aliphatic carbocycles. The van der Waals surface area contributed by atoms with E-state index in [0.717, 1.165) is 30.6 Å². The third-order valence-corrected chi connectivity index (χ3v) is 4.26. The van der Waals surface area contributed by atoms with Crippen molar-refractivity contribution < 1.29 is 9.53 Å². The Balaban J connectivity index is 1.77. The lowest BCUT2D eigenvalue weighted by atomic mass is 10.1. The SMILES string of the molecule is O=C(C1CCOC1)N1Cc2cccc(Br)c2C1. The second-order valence-corrected chi connectivity index (χ2v) is 5.49. The number of carbonyl (C=O) groups excluding carboxylic acids is 1. The van der Waals surface area contributed by atoms with Crippen molar-refractivity contribution in [3.8, 4) is 0 Å². The van der Waals surface area contributed by atoms with Gasteiger partial charge in [-0.25, -0.2) is 0 Å². The summed E-state index contributed by atoms with van der Waals surface area (Å²) in [6.45, 7) is 2.78. The fraction of sp³-hybridized carbons (Fsp3) is 0.462. The van der Waals surface area contributed by atoms with Crippen LogP contribution in [0.3, 0.4) is 0 Å². The fourth-order valence-electron chi connectivity index (χ4n) is 2.52. The minimum atomic E-state index is 0.0723.